The highest BCUT2D eigenvalue weighted by molar-refractivity contribution is 5.57. The Morgan fingerprint density at radius 3 is 2.70 bits per heavy atom. The average Bonchev–Trinajstić information content (AvgIpc) is 3.06. The molecule has 0 saturated carbocycles. The molecule has 2 aromatic carbocycles. The number of nitrogens with zero attached hydrogens (tertiary/aromatic N) is 3. The Morgan fingerprint density at radius 2 is 1.96 bits per heavy atom. The molecule has 27 heavy (non-hydrogen) atoms. The molecule has 4 nitrogen and oxygen atoms in total. The van der Waals surface area contributed by atoms with Gasteiger partial charge in [-0.15, -0.1) is 0 Å². The largest absolute Gasteiger partial charge is 0.486 e. The van der Waals surface area contributed by atoms with Gasteiger partial charge in [0.15, 0.2) is 0 Å². The number of aryl methyl sites for hydroxylation is 2. The molecule has 0 aliphatic carbocycles. The van der Waals surface area contributed by atoms with Crippen molar-refractivity contribution in [2.45, 2.75) is 26.0 Å². The molecule has 1 aliphatic rings. The van der Waals surface area contributed by atoms with Crippen molar-refractivity contribution < 1.29 is 13.5 Å². The van der Waals surface area contributed by atoms with Gasteiger partial charge >= 0.3 is 0 Å². The number of ether oxygens (including phenoxy) is 1. The highest BCUT2D eigenvalue weighted by Gasteiger charge is 2.22. The first-order chi connectivity index (χ1) is 13.1. The summed E-state index contributed by atoms with van der Waals surface area (Å²) in [7, 11) is 1.93. The van der Waals surface area contributed by atoms with Gasteiger partial charge in [0, 0.05) is 38.6 Å². The third-order valence-electron chi connectivity index (χ3n) is 4.88. The lowest BCUT2D eigenvalue weighted by Gasteiger charge is -2.31. The third kappa shape index (κ3) is 3.79. The van der Waals surface area contributed by atoms with Crippen molar-refractivity contribution in [3.63, 3.8) is 0 Å². The first kappa shape index (κ1) is 17.5. The minimum absolute atomic E-state index is 0.402. The van der Waals surface area contributed by atoms with E-state index in [0.717, 1.165) is 41.7 Å². The second-order valence-corrected chi connectivity index (χ2v) is 6.81. The fourth-order valence-corrected chi connectivity index (χ4v) is 3.49. The Kier molecular flexibility index (Phi) is 4.79. The van der Waals surface area contributed by atoms with Crippen LogP contribution in [0.5, 0.6) is 5.75 Å². The molecule has 0 N–H and O–H groups in total. The summed E-state index contributed by atoms with van der Waals surface area (Å²) in [6.45, 7) is 1.74. The van der Waals surface area contributed by atoms with Gasteiger partial charge in [-0.05, 0) is 42.2 Å². The molecule has 0 fully saturated rings. The number of hydrogen-bond acceptors (Lipinski definition) is 3. The predicted octanol–water partition coefficient (Wildman–Crippen LogP) is 4.23. The zero-order valence-electron chi connectivity index (χ0n) is 15.2. The molecule has 0 spiro atoms. The number of anilines is 1. The first-order valence-corrected chi connectivity index (χ1v) is 9.01. The summed E-state index contributed by atoms with van der Waals surface area (Å²) < 4.78 is 35.5. The SMILES string of the molecule is Cn1ccnc1COc1ccc(CN2CCCc3cc(F)cc(F)c32)cc1. The number of benzene rings is 2. The van der Waals surface area contributed by atoms with Crippen LogP contribution in [0.4, 0.5) is 14.5 Å². The minimum atomic E-state index is -0.512. The topological polar surface area (TPSA) is 30.3 Å². The zero-order valence-corrected chi connectivity index (χ0v) is 15.2. The van der Waals surface area contributed by atoms with Crippen LogP contribution >= 0.6 is 0 Å². The highest BCUT2D eigenvalue weighted by Crippen LogP contribution is 2.32. The predicted molar refractivity (Wildman–Crippen MR) is 99.7 cm³/mol. The normalized spacial score (nSPS) is 13.5. The molecular formula is C21H21F2N3O. The monoisotopic (exact) mass is 369 g/mol. The van der Waals surface area contributed by atoms with Crippen molar-refractivity contribution in [3.8, 4) is 5.75 Å². The van der Waals surface area contributed by atoms with Gasteiger partial charge in [-0.2, -0.15) is 0 Å². The van der Waals surface area contributed by atoms with E-state index >= 15 is 0 Å². The molecule has 0 bridgehead atoms. The minimum Gasteiger partial charge on any atom is -0.486 e. The van der Waals surface area contributed by atoms with Gasteiger partial charge < -0.3 is 14.2 Å². The Bertz CT molecular complexity index is 937. The van der Waals surface area contributed by atoms with Gasteiger partial charge in [0.1, 0.15) is 29.8 Å². The molecule has 0 radical (unpaired) electrons. The van der Waals surface area contributed by atoms with E-state index in [-0.39, 0.29) is 0 Å². The van der Waals surface area contributed by atoms with Gasteiger partial charge in [0.25, 0.3) is 0 Å². The van der Waals surface area contributed by atoms with Crippen molar-refractivity contribution in [2.75, 3.05) is 11.4 Å². The van der Waals surface area contributed by atoms with Crippen molar-refractivity contribution >= 4 is 5.69 Å². The van der Waals surface area contributed by atoms with Crippen LogP contribution in [0.25, 0.3) is 0 Å². The lowest BCUT2D eigenvalue weighted by Crippen LogP contribution is -2.30. The molecule has 3 aromatic rings. The van der Waals surface area contributed by atoms with Crippen LogP contribution in [0.15, 0.2) is 48.8 Å². The molecule has 0 unspecified atom stereocenters. The lowest BCUT2D eigenvalue weighted by molar-refractivity contribution is 0.291. The molecule has 140 valence electrons. The Hall–Kier alpha value is -2.89. The molecular weight excluding hydrogens is 348 g/mol. The Labute approximate surface area is 157 Å². The van der Waals surface area contributed by atoms with Crippen molar-refractivity contribution in [1.29, 1.82) is 0 Å². The molecule has 0 atom stereocenters. The summed E-state index contributed by atoms with van der Waals surface area (Å²) in [4.78, 5) is 6.21. The summed E-state index contributed by atoms with van der Waals surface area (Å²) in [6, 6.07) is 10.2. The van der Waals surface area contributed by atoms with E-state index < -0.39 is 11.6 Å². The van der Waals surface area contributed by atoms with Crippen molar-refractivity contribution in [1.82, 2.24) is 9.55 Å². The smallest absolute Gasteiger partial charge is 0.149 e. The van der Waals surface area contributed by atoms with Crippen LogP contribution in [0.1, 0.15) is 23.4 Å². The van der Waals surface area contributed by atoms with E-state index in [1.807, 2.05) is 47.0 Å². The van der Waals surface area contributed by atoms with E-state index in [0.29, 0.717) is 25.3 Å². The Balaban J connectivity index is 1.44. The fourth-order valence-electron chi connectivity index (χ4n) is 3.49. The molecule has 1 aromatic heterocycles. The molecule has 4 rings (SSSR count). The molecule has 2 heterocycles. The van der Waals surface area contributed by atoms with Gasteiger partial charge in [-0.1, -0.05) is 12.1 Å². The quantitative estimate of drug-likeness (QED) is 0.674. The lowest BCUT2D eigenvalue weighted by atomic mass is 10.0. The van der Waals surface area contributed by atoms with E-state index in [1.54, 1.807) is 6.20 Å². The first-order valence-electron chi connectivity index (χ1n) is 9.01. The van der Waals surface area contributed by atoms with Crippen molar-refractivity contribution in [2.24, 2.45) is 7.05 Å². The van der Waals surface area contributed by atoms with Gasteiger partial charge in [-0.25, -0.2) is 13.8 Å². The summed E-state index contributed by atoms with van der Waals surface area (Å²) in [5.41, 5.74) is 2.32. The molecule has 0 amide bonds. The van der Waals surface area contributed by atoms with E-state index in [1.165, 1.54) is 6.07 Å². The number of fused-ring (bicyclic) bond motifs is 1. The zero-order chi connectivity index (χ0) is 18.8. The number of halogens is 2. The maximum absolute atomic E-state index is 14.3. The van der Waals surface area contributed by atoms with Gasteiger partial charge in [-0.3, -0.25) is 0 Å². The van der Waals surface area contributed by atoms with Gasteiger partial charge in [0.2, 0.25) is 0 Å². The molecule has 1 aliphatic heterocycles. The van der Waals surface area contributed by atoms with Crippen LogP contribution in [0, 0.1) is 11.6 Å². The highest BCUT2D eigenvalue weighted by atomic mass is 19.1. The standard InChI is InChI=1S/C21H21F2N3O/c1-25-10-8-24-20(25)14-27-18-6-4-15(5-7-18)13-26-9-2-3-16-11-17(22)12-19(23)21(16)26/h4-8,10-12H,2-3,9,13-14H2,1H3. The number of imidazole rings is 1. The summed E-state index contributed by atoms with van der Waals surface area (Å²) >= 11 is 0. The van der Waals surface area contributed by atoms with E-state index in [2.05, 4.69) is 4.98 Å². The molecule has 6 heteroatoms. The maximum Gasteiger partial charge on any atom is 0.149 e. The second-order valence-electron chi connectivity index (χ2n) is 6.81. The van der Waals surface area contributed by atoms with Gasteiger partial charge in [0.05, 0.1) is 5.69 Å². The summed E-state index contributed by atoms with van der Waals surface area (Å²) in [5, 5.41) is 0. The van der Waals surface area contributed by atoms with E-state index in [4.69, 9.17) is 4.74 Å². The van der Waals surface area contributed by atoms with Crippen LogP contribution in [0.2, 0.25) is 0 Å². The van der Waals surface area contributed by atoms with Crippen LogP contribution in [-0.2, 0) is 26.6 Å². The van der Waals surface area contributed by atoms with Crippen LogP contribution < -0.4 is 9.64 Å². The summed E-state index contributed by atoms with van der Waals surface area (Å²) in [5.74, 6) is 0.614. The number of hydrogen-bond donors (Lipinski definition) is 0. The van der Waals surface area contributed by atoms with Crippen LogP contribution in [0.3, 0.4) is 0 Å². The molecule has 0 saturated heterocycles. The summed E-state index contributed by atoms with van der Waals surface area (Å²) in [6.07, 6.45) is 5.22. The number of rotatable bonds is 5. The van der Waals surface area contributed by atoms with Crippen molar-refractivity contribution in [3.05, 3.63) is 77.4 Å². The maximum atomic E-state index is 14.3. The third-order valence-corrected chi connectivity index (χ3v) is 4.88. The van der Waals surface area contributed by atoms with E-state index in [9.17, 15) is 8.78 Å². The average molecular weight is 369 g/mol. The fraction of sp³-hybridized carbons (Fsp3) is 0.286. The Morgan fingerprint density at radius 1 is 1.15 bits per heavy atom. The van der Waals surface area contributed by atoms with Crippen LogP contribution in [-0.4, -0.2) is 16.1 Å². The second kappa shape index (κ2) is 7.39. The number of aromatic nitrogens is 2.